The summed E-state index contributed by atoms with van der Waals surface area (Å²) in [5, 5.41) is 8.99. The maximum absolute atomic E-state index is 12.1. The second-order valence-electron chi connectivity index (χ2n) is 3.88. The summed E-state index contributed by atoms with van der Waals surface area (Å²) in [4.78, 5) is 10.8. The largest absolute Gasteiger partial charge is 0.480 e. The van der Waals surface area contributed by atoms with E-state index in [2.05, 4.69) is 20.7 Å². The molecular weight excluding hydrogens is 358 g/mol. The minimum Gasteiger partial charge on any atom is -0.480 e. The van der Waals surface area contributed by atoms with Crippen LogP contribution in [-0.2, 0) is 14.8 Å². The molecule has 5 nitrogen and oxygen atoms in total. The van der Waals surface area contributed by atoms with Crippen molar-refractivity contribution in [3.8, 4) is 0 Å². The van der Waals surface area contributed by atoms with Gasteiger partial charge < -0.3 is 5.11 Å². The van der Waals surface area contributed by atoms with Crippen molar-refractivity contribution in [1.29, 1.82) is 0 Å². The Morgan fingerprint density at radius 2 is 2.16 bits per heavy atom. The highest BCUT2D eigenvalue weighted by atomic mass is 79.9. The number of hydrogen-bond acceptors (Lipinski definition) is 3. The summed E-state index contributed by atoms with van der Waals surface area (Å²) in [6.45, 7) is 1.77. The lowest BCUT2D eigenvalue weighted by molar-refractivity contribution is -0.139. The Morgan fingerprint density at radius 3 is 2.63 bits per heavy atom. The minimum atomic E-state index is -3.96. The lowest BCUT2D eigenvalue weighted by atomic mass is 10.2. The maximum atomic E-state index is 12.1. The van der Waals surface area contributed by atoms with E-state index in [1.165, 1.54) is 18.2 Å². The first-order valence-corrected chi connectivity index (χ1v) is 8.13. The smallest absolute Gasteiger partial charge is 0.321 e. The number of sulfonamides is 1. The molecule has 0 aliphatic rings. The standard InChI is InChI=1S/C11H13BrClNO4S/c1-2-3-9(11(15)16)14-19(17,18)10-5-4-7(12)6-8(10)13/h4-6,9,14H,2-3H2,1H3,(H,15,16)/t9-/m0/s1. The molecule has 0 spiro atoms. The average molecular weight is 371 g/mol. The molecule has 0 aliphatic carbocycles. The Morgan fingerprint density at radius 1 is 1.53 bits per heavy atom. The number of nitrogens with one attached hydrogen (secondary N) is 1. The molecule has 0 saturated heterocycles. The first-order chi connectivity index (χ1) is 8.77. The van der Waals surface area contributed by atoms with E-state index in [9.17, 15) is 13.2 Å². The van der Waals surface area contributed by atoms with Crippen molar-refractivity contribution in [3.63, 3.8) is 0 Å². The Labute approximate surface area is 125 Å². The van der Waals surface area contributed by atoms with Gasteiger partial charge in [-0.3, -0.25) is 4.79 Å². The van der Waals surface area contributed by atoms with Gasteiger partial charge in [0.1, 0.15) is 10.9 Å². The highest BCUT2D eigenvalue weighted by molar-refractivity contribution is 9.10. The SMILES string of the molecule is CCC[C@H](NS(=O)(=O)c1ccc(Br)cc1Cl)C(=O)O. The molecule has 1 rings (SSSR count). The molecule has 1 atom stereocenters. The average Bonchev–Trinajstić information content (AvgIpc) is 2.27. The fourth-order valence-corrected chi connectivity index (χ4v) is 3.73. The van der Waals surface area contributed by atoms with E-state index in [0.717, 1.165) is 0 Å². The molecule has 0 aliphatic heterocycles. The van der Waals surface area contributed by atoms with Crippen LogP contribution in [0.4, 0.5) is 0 Å². The van der Waals surface area contributed by atoms with Crippen LogP contribution in [0.1, 0.15) is 19.8 Å². The van der Waals surface area contributed by atoms with Crippen molar-refractivity contribution in [2.45, 2.75) is 30.7 Å². The first-order valence-electron chi connectivity index (χ1n) is 5.48. The van der Waals surface area contributed by atoms with Gasteiger partial charge in [0.2, 0.25) is 10.0 Å². The highest BCUT2D eigenvalue weighted by Gasteiger charge is 2.26. The molecule has 2 N–H and O–H groups in total. The molecular formula is C11H13BrClNO4S. The lowest BCUT2D eigenvalue weighted by Crippen LogP contribution is -2.40. The molecule has 0 bridgehead atoms. The molecule has 0 heterocycles. The molecule has 1 aromatic carbocycles. The minimum absolute atomic E-state index is 0.0301. The van der Waals surface area contributed by atoms with E-state index < -0.39 is 22.0 Å². The summed E-state index contributed by atoms with van der Waals surface area (Å²) in [6, 6.07) is 3.12. The van der Waals surface area contributed by atoms with Gasteiger partial charge in [0.15, 0.2) is 0 Å². The van der Waals surface area contributed by atoms with E-state index in [0.29, 0.717) is 10.9 Å². The van der Waals surface area contributed by atoms with Gasteiger partial charge in [-0.25, -0.2) is 8.42 Å². The predicted molar refractivity (Wildman–Crippen MR) is 75.8 cm³/mol. The third-order valence-corrected chi connectivity index (χ3v) is 4.80. The van der Waals surface area contributed by atoms with Gasteiger partial charge in [0.05, 0.1) is 5.02 Å². The number of aliphatic carboxylic acids is 1. The molecule has 106 valence electrons. The topological polar surface area (TPSA) is 83.5 Å². The van der Waals surface area contributed by atoms with Crippen LogP contribution in [0, 0.1) is 0 Å². The van der Waals surface area contributed by atoms with E-state index in [4.69, 9.17) is 16.7 Å². The van der Waals surface area contributed by atoms with Gasteiger partial charge in [-0.05, 0) is 24.6 Å². The number of hydrogen-bond donors (Lipinski definition) is 2. The van der Waals surface area contributed by atoms with E-state index in [1.807, 2.05) is 0 Å². The Hall–Kier alpha value is -0.630. The molecule has 0 fully saturated rings. The zero-order valence-electron chi connectivity index (χ0n) is 10.1. The monoisotopic (exact) mass is 369 g/mol. The van der Waals surface area contributed by atoms with Crippen molar-refractivity contribution >= 4 is 43.5 Å². The number of carboxylic acid groups (broad SMARTS) is 1. The fraction of sp³-hybridized carbons (Fsp3) is 0.364. The maximum Gasteiger partial charge on any atom is 0.321 e. The summed E-state index contributed by atoms with van der Waals surface area (Å²) >= 11 is 9.03. The summed E-state index contributed by atoms with van der Waals surface area (Å²) in [6.07, 6.45) is 0.760. The Bertz CT molecular complexity index is 576. The molecule has 19 heavy (non-hydrogen) atoms. The molecule has 0 amide bonds. The molecule has 8 heteroatoms. The fourth-order valence-electron chi connectivity index (χ4n) is 1.47. The Kier molecular flexibility index (Phi) is 5.79. The number of rotatable bonds is 6. The van der Waals surface area contributed by atoms with Gasteiger partial charge in [-0.2, -0.15) is 4.72 Å². The van der Waals surface area contributed by atoms with Crippen molar-refractivity contribution in [2.24, 2.45) is 0 Å². The number of halogens is 2. The molecule has 0 aromatic heterocycles. The number of benzene rings is 1. The zero-order valence-corrected chi connectivity index (χ0v) is 13.2. The van der Waals surface area contributed by atoms with Crippen LogP contribution in [-0.4, -0.2) is 25.5 Å². The highest BCUT2D eigenvalue weighted by Crippen LogP contribution is 2.25. The van der Waals surface area contributed by atoms with Gasteiger partial charge in [0, 0.05) is 4.47 Å². The van der Waals surface area contributed by atoms with E-state index in [-0.39, 0.29) is 16.3 Å². The van der Waals surface area contributed by atoms with E-state index in [1.54, 1.807) is 6.92 Å². The van der Waals surface area contributed by atoms with Crippen molar-refractivity contribution in [3.05, 3.63) is 27.7 Å². The summed E-state index contributed by atoms with van der Waals surface area (Å²) in [5.41, 5.74) is 0. The van der Waals surface area contributed by atoms with Gasteiger partial charge >= 0.3 is 5.97 Å². The quantitative estimate of drug-likeness (QED) is 0.806. The van der Waals surface area contributed by atoms with Crippen LogP contribution in [0.2, 0.25) is 5.02 Å². The summed E-state index contributed by atoms with van der Waals surface area (Å²) in [7, 11) is -3.96. The zero-order chi connectivity index (χ0) is 14.6. The van der Waals surface area contributed by atoms with E-state index >= 15 is 0 Å². The third kappa shape index (κ3) is 4.45. The predicted octanol–water partition coefficient (Wildman–Crippen LogP) is 2.63. The molecule has 0 saturated carbocycles. The number of carboxylic acids is 1. The van der Waals surface area contributed by atoms with Crippen LogP contribution < -0.4 is 4.72 Å². The second kappa shape index (κ2) is 6.69. The Balaban J connectivity index is 3.06. The van der Waals surface area contributed by atoms with Crippen LogP contribution in [0.15, 0.2) is 27.6 Å². The van der Waals surface area contributed by atoms with Crippen LogP contribution in [0.3, 0.4) is 0 Å². The third-order valence-electron chi connectivity index (χ3n) is 2.36. The normalized spacial score (nSPS) is 13.2. The summed E-state index contributed by atoms with van der Waals surface area (Å²) in [5.74, 6) is -1.21. The van der Waals surface area contributed by atoms with Crippen LogP contribution >= 0.6 is 27.5 Å². The van der Waals surface area contributed by atoms with Gasteiger partial charge in [-0.15, -0.1) is 0 Å². The lowest BCUT2D eigenvalue weighted by Gasteiger charge is -2.14. The van der Waals surface area contributed by atoms with Crippen LogP contribution in [0.25, 0.3) is 0 Å². The molecule has 0 radical (unpaired) electrons. The van der Waals surface area contributed by atoms with Gasteiger partial charge in [-0.1, -0.05) is 40.9 Å². The molecule has 0 unspecified atom stereocenters. The molecule has 1 aromatic rings. The van der Waals surface area contributed by atoms with Crippen molar-refractivity contribution in [1.82, 2.24) is 4.72 Å². The number of carbonyl (C=O) groups is 1. The van der Waals surface area contributed by atoms with Gasteiger partial charge in [0.25, 0.3) is 0 Å². The summed E-state index contributed by atoms with van der Waals surface area (Å²) < 4.78 is 26.9. The van der Waals surface area contributed by atoms with Crippen molar-refractivity contribution in [2.75, 3.05) is 0 Å². The second-order valence-corrected chi connectivity index (χ2v) is 6.88. The van der Waals surface area contributed by atoms with Crippen molar-refractivity contribution < 1.29 is 18.3 Å². The first kappa shape index (κ1) is 16.4. The van der Waals surface area contributed by atoms with Crippen LogP contribution in [0.5, 0.6) is 0 Å².